The van der Waals surface area contributed by atoms with E-state index in [1.165, 1.54) is 5.01 Å². The van der Waals surface area contributed by atoms with Crippen LogP contribution in [0.1, 0.15) is 11.8 Å². The molecule has 15 heavy (non-hydrogen) atoms. The van der Waals surface area contributed by atoms with Gasteiger partial charge in [-0.25, -0.2) is 5.01 Å². The van der Waals surface area contributed by atoms with Gasteiger partial charge < -0.3 is 0 Å². The summed E-state index contributed by atoms with van der Waals surface area (Å²) >= 11 is 1.60. The smallest absolute Gasteiger partial charge is 0.269 e. The van der Waals surface area contributed by atoms with Crippen molar-refractivity contribution in [1.29, 1.82) is 0 Å². The fourth-order valence-corrected chi connectivity index (χ4v) is 2.69. The number of hydrazone groups is 1. The molecule has 0 aromatic carbocycles. The number of carbonyl (C=O) groups excluding carboxylic acids is 1. The quantitative estimate of drug-likeness (QED) is 0.698. The zero-order chi connectivity index (χ0) is 10.6. The van der Waals surface area contributed by atoms with Crippen molar-refractivity contribution < 1.29 is 4.79 Å². The van der Waals surface area contributed by atoms with Crippen molar-refractivity contribution in [3.8, 4) is 0 Å². The maximum atomic E-state index is 11.9. The van der Waals surface area contributed by atoms with Gasteiger partial charge in [0.05, 0.1) is 16.3 Å². The minimum Gasteiger partial charge on any atom is -0.269 e. The molecule has 5 heteroatoms. The molecule has 4 nitrogen and oxygen atoms in total. The standard InChI is InChI=1S/C10H9N3OS/c1-6-10(9(14)13(2)12-6)8(11-10)7-4-3-5-15-7/h3-5H,1-2H3. The van der Waals surface area contributed by atoms with E-state index in [0.29, 0.717) is 0 Å². The van der Waals surface area contributed by atoms with Gasteiger partial charge in [0.15, 0.2) is 0 Å². The fourth-order valence-electron chi connectivity index (χ4n) is 1.92. The molecule has 2 aliphatic heterocycles. The van der Waals surface area contributed by atoms with Crippen LogP contribution in [0.3, 0.4) is 0 Å². The predicted molar refractivity (Wildman–Crippen MR) is 59.5 cm³/mol. The molecule has 0 N–H and O–H groups in total. The highest BCUT2D eigenvalue weighted by molar-refractivity contribution is 7.12. The largest absolute Gasteiger partial charge is 0.282 e. The average molecular weight is 219 g/mol. The molecule has 1 aromatic heterocycles. The molecular formula is C10H9N3OS. The van der Waals surface area contributed by atoms with Crippen molar-refractivity contribution in [2.75, 3.05) is 7.05 Å². The van der Waals surface area contributed by atoms with Gasteiger partial charge in [-0.15, -0.1) is 11.3 Å². The molecule has 3 heterocycles. The molecule has 0 fully saturated rings. The van der Waals surface area contributed by atoms with Crippen LogP contribution in [-0.4, -0.2) is 34.9 Å². The number of amides is 1. The Balaban J connectivity index is 1.99. The van der Waals surface area contributed by atoms with Crippen LogP contribution in [0.15, 0.2) is 27.6 Å². The Labute approximate surface area is 90.9 Å². The van der Waals surface area contributed by atoms with Gasteiger partial charge in [-0.05, 0) is 18.4 Å². The summed E-state index contributed by atoms with van der Waals surface area (Å²) in [5.41, 5.74) is 0.908. The van der Waals surface area contributed by atoms with Crippen LogP contribution >= 0.6 is 11.3 Å². The van der Waals surface area contributed by atoms with Crippen molar-refractivity contribution in [3.63, 3.8) is 0 Å². The molecule has 1 atom stereocenters. The van der Waals surface area contributed by atoms with Gasteiger partial charge >= 0.3 is 0 Å². The Morgan fingerprint density at radius 3 is 2.87 bits per heavy atom. The lowest BCUT2D eigenvalue weighted by Gasteiger charge is -2.06. The Hall–Kier alpha value is -1.49. The first-order valence-corrected chi connectivity index (χ1v) is 5.52. The Bertz CT molecular complexity index is 503. The normalized spacial score (nSPS) is 28.4. The molecule has 1 amide bonds. The summed E-state index contributed by atoms with van der Waals surface area (Å²) in [7, 11) is 1.67. The number of rotatable bonds is 1. The van der Waals surface area contributed by atoms with Crippen molar-refractivity contribution in [2.24, 2.45) is 10.1 Å². The van der Waals surface area contributed by atoms with E-state index in [2.05, 4.69) is 10.1 Å². The highest BCUT2D eigenvalue weighted by atomic mass is 32.1. The molecule has 0 saturated carbocycles. The van der Waals surface area contributed by atoms with Crippen LogP contribution in [0.25, 0.3) is 0 Å². The summed E-state index contributed by atoms with van der Waals surface area (Å²) < 4.78 is 0. The van der Waals surface area contributed by atoms with Crippen LogP contribution in [0, 0.1) is 0 Å². The van der Waals surface area contributed by atoms with Crippen LogP contribution in [0.5, 0.6) is 0 Å². The topological polar surface area (TPSA) is 45.0 Å². The minimum atomic E-state index is -0.737. The highest BCUT2D eigenvalue weighted by Crippen LogP contribution is 2.40. The monoisotopic (exact) mass is 219 g/mol. The van der Waals surface area contributed by atoms with Crippen LogP contribution in [0.2, 0.25) is 0 Å². The van der Waals surface area contributed by atoms with Crippen LogP contribution in [-0.2, 0) is 4.79 Å². The van der Waals surface area contributed by atoms with Gasteiger partial charge in [-0.1, -0.05) is 6.07 Å². The number of thiophene rings is 1. The first-order chi connectivity index (χ1) is 7.16. The maximum absolute atomic E-state index is 11.9. The molecule has 76 valence electrons. The Kier molecular flexibility index (Phi) is 1.49. The van der Waals surface area contributed by atoms with Gasteiger partial charge in [0, 0.05) is 7.05 Å². The van der Waals surface area contributed by atoms with E-state index >= 15 is 0 Å². The molecule has 1 spiro atoms. The summed E-state index contributed by atoms with van der Waals surface area (Å²) in [5.74, 6) is -0.0385. The van der Waals surface area contributed by atoms with Gasteiger partial charge in [-0.2, -0.15) is 5.10 Å². The summed E-state index contributed by atoms with van der Waals surface area (Å²) in [4.78, 5) is 17.3. The number of nitrogens with zero attached hydrogens (tertiary/aromatic N) is 3. The lowest BCUT2D eigenvalue weighted by molar-refractivity contribution is -0.128. The second-order valence-electron chi connectivity index (χ2n) is 3.66. The number of likely N-dealkylation sites (N-methyl/N-ethyl adjacent to an activating group) is 1. The Morgan fingerprint density at radius 1 is 1.53 bits per heavy atom. The van der Waals surface area contributed by atoms with Crippen molar-refractivity contribution >= 4 is 28.7 Å². The summed E-state index contributed by atoms with van der Waals surface area (Å²) in [5, 5.41) is 7.50. The van der Waals surface area contributed by atoms with Gasteiger partial charge in [0.1, 0.15) is 0 Å². The van der Waals surface area contributed by atoms with E-state index < -0.39 is 5.54 Å². The fraction of sp³-hybridized carbons (Fsp3) is 0.300. The van der Waals surface area contributed by atoms with Gasteiger partial charge in [0.25, 0.3) is 5.91 Å². The SMILES string of the molecule is CC1=NN(C)C(=O)C12N=C2c1cccs1. The van der Waals surface area contributed by atoms with E-state index in [4.69, 9.17) is 0 Å². The molecule has 1 aromatic rings. The van der Waals surface area contributed by atoms with E-state index in [1.54, 1.807) is 18.4 Å². The molecule has 0 saturated heterocycles. The number of hydrogen-bond acceptors (Lipinski definition) is 4. The van der Waals surface area contributed by atoms with E-state index in [1.807, 2.05) is 24.4 Å². The first kappa shape index (κ1) is 8.79. The highest BCUT2D eigenvalue weighted by Gasteiger charge is 2.62. The van der Waals surface area contributed by atoms with Gasteiger partial charge in [0.2, 0.25) is 5.54 Å². The van der Waals surface area contributed by atoms with Crippen LogP contribution in [0.4, 0.5) is 0 Å². The van der Waals surface area contributed by atoms with E-state index in [9.17, 15) is 4.79 Å². The van der Waals surface area contributed by atoms with Crippen molar-refractivity contribution in [1.82, 2.24) is 5.01 Å². The second kappa shape index (κ2) is 2.55. The van der Waals surface area contributed by atoms with E-state index in [0.717, 1.165) is 16.3 Å². The predicted octanol–water partition coefficient (Wildman–Crippen LogP) is 1.14. The average Bonchev–Trinajstić information content (AvgIpc) is 2.66. The Morgan fingerprint density at radius 2 is 2.33 bits per heavy atom. The lowest BCUT2D eigenvalue weighted by atomic mass is 9.97. The van der Waals surface area contributed by atoms with Crippen LogP contribution < -0.4 is 0 Å². The van der Waals surface area contributed by atoms with Crippen molar-refractivity contribution in [2.45, 2.75) is 12.5 Å². The van der Waals surface area contributed by atoms with Gasteiger partial charge in [-0.3, -0.25) is 9.79 Å². The molecule has 3 rings (SSSR count). The number of aliphatic imine (C=N–C) groups is 1. The third-order valence-electron chi connectivity index (χ3n) is 2.75. The summed E-state index contributed by atoms with van der Waals surface area (Å²) in [6.07, 6.45) is 0. The molecule has 0 aliphatic carbocycles. The first-order valence-electron chi connectivity index (χ1n) is 4.64. The molecular weight excluding hydrogens is 210 g/mol. The molecule has 0 radical (unpaired) electrons. The second-order valence-corrected chi connectivity index (χ2v) is 4.61. The molecule has 0 bridgehead atoms. The zero-order valence-corrected chi connectivity index (χ0v) is 9.21. The third kappa shape index (κ3) is 0.932. The maximum Gasteiger partial charge on any atom is 0.282 e. The molecule has 1 unspecified atom stereocenters. The van der Waals surface area contributed by atoms with Crippen molar-refractivity contribution in [3.05, 3.63) is 22.4 Å². The third-order valence-corrected chi connectivity index (χ3v) is 3.63. The lowest BCUT2D eigenvalue weighted by Crippen LogP contribution is -2.37. The zero-order valence-electron chi connectivity index (χ0n) is 8.39. The summed E-state index contributed by atoms with van der Waals surface area (Å²) in [6.45, 7) is 1.85. The van der Waals surface area contributed by atoms with E-state index in [-0.39, 0.29) is 5.91 Å². The minimum absolute atomic E-state index is 0.0385. The number of hydrogen-bond donors (Lipinski definition) is 0. The number of carbonyl (C=O) groups is 1. The molecule has 2 aliphatic rings. The summed E-state index contributed by atoms with van der Waals surface area (Å²) in [6, 6.07) is 3.95.